The van der Waals surface area contributed by atoms with Gasteiger partial charge < -0.3 is 5.32 Å². The molecule has 0 saturated heterocycles. The quantitative estimate of drug-likeness (QED) is 0.869. The average Bonchev–Trinajstić information content (AvgIpc) is 2.39. The zero-order chi connectivity index (χ0) is 13.0. The molecule has 0 radical (unpaired) electrons. The van der Waals surface area contributed by atoms with E-state index in [-0.39, 0.29) is 0 Å². The number of nitrogens with one attached hydrogen (secondary N) is 1. The van der Waals surface area contributed by atoms with Crippen molar-refractivity contribution < 1.29 is 0 Å². The molecule has 2 aromatic rings. The Kier molecular flexibility index (Phi) is 4.32. The summed E-state index contributed by atoms with van der Waals surface area (Å²) in [5.74, 6) is 0.596. The van der Waals surface area contributed by atoms with Gasteiger partial charge in [0.1, 0.15) is 0 Å². The minimum absolute atomic E-state index is 0.531. The van der Waals surface area contributed by atoms with Gasteiger partial charge in [-0.15, -0.1) is 0 Å². The molecule has 18 heavy (non-hydrogen) atoms. The number of hydrogen-bond acceptors (Lipinski definition) is 2. The van der Waals surface area contributed by atoms with Crippen molar-refractivity contribution in [2.75, 3.05) is 6.54 Å². The van der Waals surface area contributed by atoms with E-state index in [1.807, 2.05) is 6.07 Å². The summed E-state index contributed by atoms with van der Waals surface area (Å²) in [5.41, 5.74) is 2.28. The van der Waals surface area contributed by atoms with Crippen LogP contribution in [-0.4, -0.2) is 17.6 Å². The van der Waals surface area contributed by atoms with E-state index in [1.165, 1.54) is 11.1 Å². The van der Waals surface area contributed by atoms with Crippen LogP contribution in [0.3, 0.4) is 0 Å². The lowest BCUT2D eigenvalue weighted by atomic mass is 9.97. The van der Waals surface area contributed by atoms with Gasteiger partial charge in [-0.25, -0.2) is 0 Å². The van der Waals surface area contributed by atoms with Crippen LogP contribution in [-0.2, 0) is 6.42 Å². The van der Waals surface area contributed by atoms with Crippen LogP contribution >= 0.6 is 0 Å². The molecule has 0 spiro atoms. The molecule has 0 bridgehead atoms. The number of benzene rings is 1. The molecule has 1 heterocycles. The predicted molar refractivity (Wildman–Crippen MR) is 77.7 cm³/mol. The second kappa shape index (κ2) is 5.96. The second-order valence-electron chi connectivity index (χ2n) is 5.02. The van der Waals surface area contributed by atoms with Gasteiger partial charge in [0.15, 0.2) is 0 Å². The highest BCUT2D eigenvalue weighted by Gasteiger charge is 2.12. The molecule has 0 saturated carbocycles. The van der Waals surface area contributed by atoms with E-state index in [9.17, 15) is 0 Å². The fourth-order valence-electron chi connectivity index (χ4n) is 2.25. The molecule has 0 aliphatic carbocycles. The second-order valence-corrected chi connectivity index (χ2v) is 5.02. The Morgan fingerprint density at radius 2 is 1.89 bits per heavy atom. The SMILES string of the molecule is CCNC(C)C(C)Cc1ccc2ccccc2n1. The van der Waals surface area contributed by atoms with Crippen molar-refractivity contribution in [3.63, 3.8) is 0 Å². The minimum Gasteiger partial charge on any atom is -0.314 e. The minimum atomic E-state index is 0.531. The molecule has 2 heteroatoms. The Bertz CT molecular complexity index is 507. The lowest BCUT2D eigenvalue weighted by Gasteiger charge is -2.20. The van der Waals surface area contributed by atoms with E-state index < -0.39 is 0 Å². The Balaban J connectivity index is 2.12. The third-order valence-corrected chi connectivity index (χ3v) is 3.57. The third kappa shape index (κ3) is 3.08. The molecule has 2 nitrogen and oxygen atoms in total. The van der Waals surface area contributed by atoms with Gasteiger partial charge in [-0.05, 0) is 37.9 Å². The maximum atomic E-state index is 4.73. The highest BCUT2D eigenvalue weighted by Crippen LogP contribution is 2.15. The summed E-state index contributed by atoms with van der Waals surface area (Å²) in [6, 6.07) is 13.1. The summed E-state index contributed by atoms with van der Waals surface area (Å²) < 4.78 is 0. The average molecular weight is 242 g/mol. The molecule has 1 aromatic carbocycles. The smallest absolute Gasteiger partial charge is 0.0705 e. The standard InChI is InChI=1S/C16H22N2/c1-4-17-13(3)12(2)11-15-10-9-14-7-5-6-8-16(14)18-15/h5-10,12-13,17H,4,11H2,1-3H3. The van der Waals surface area contributed by atoms with Crippen LogP contribution in [0, 0.1) is 5.92 Å². The zero-order valence-corrected chi connectivity index (χ0v) is 11.5. The molecule has 0 aliphatic heterocycles. The molecule has 2 atom stereocenters. The number of hydrogen-bond donors (Lipinski definition) is 1. The Labute approximate surface area is 109 Å². The number of para-hydroxylation sites is 1. The van der Waals surface area contributed by atoms with Crippen molar-refractivity contribution in [2.45, 2.75) is 33.2 Å². The van der Waals surface area contributed by atoms with E-state index in [0.29, 0.717) is 12.0 Å². The number of aromatic nitrogens is 1. The Hall–Kier alpha value is -1.41. The molecule has 1 aromatic heterocycles. The van der Waals surface area contributed by atoms with Gasteiger partial charge in [-0.2, -0.15) is 0 Å². The molecule has 0 fully saturated rings. The highest BCUT2D eigenvalue weighted by atomic mass is 14.9. The van der Waals surface area contributed by atoms with E-state index in [4.69, 9.17) is 4.98 Å². The van der Waals surface area contributed by atoms with Crippen LogP contribution in [0.4, 0.5) is 0 Å². The zero-order valence-electron chi connectivity index (χ0n) is 11.5. The van der Waals surface area contributed by atoms with Crippen molar-refractivity contribution in [3.8, 4) is 0 Å². The Morgan fingerprint density at radius 1 is 1.11 bits per heavy atom. The summed E-state index contributed by atoms with van der Waals surface area (Å²) in [4.78, 5) is 4.73. The van der Waals surface area contributed by atoms with Gasteiger partial charge in [0.2, 0.25) is 0 Å². The molecule has 1 N–H and O–H groups in total. The number of rotatable bonds is 5. The van der Waals surface area contributed by atoms with Gasteiger partial charge in [0.05, 0.1) is 5.52 Å². The van der Waals surface area contributed by atoms with Crippen LogP contribution in [0.5, 0.6) is 0 Å². The molecule has 0 amide bonds. The largest absolute Gasteiger partial charge is 0.314 e. The van der Waals surface area contributed by atoms with E-state index >= 15 is 0 Å². The fraction of sp³-hybridized carbons (Fsp3) is 0.438. The molecular weight excluding hydrogens is 220 g/mol. The van der Waals surface area contributed by atoms with Gasteiger partial charge in [-0.1, -0.05) is 38.1 Å². The summed E-state index contributed by atoms with van der Waals surface area (Å²) in [7, 11) is 0. The Morgan fingerprint density at radius 3 is 2.67 bits per heavy atom. The summed E-state index contributed by atoms with van der Waals surface area (Å²) in [5, 5.41) is 4.69. The monoisotopic (exact) mass is 242 g/mol. The van der Waals surface area contributed by atoms with Crippen molar-refractivity contribution in [3.05, 3.63) is 42.1 Å². The summed E-state index contributed by atoms with van der Waals surface area (Å²) >= 11 is 0. The van der Waals surface area contributed by atoms with Crippen LogP contribution in [0.2, 0.25) is 0 Å². The first kappa shape index (κ1) is 13.0. The summed E-state index contributed by atoms with van der Waals surface area (Å²) in [6.45, 7) is 7.70. The first-order valence-electron chi connectivity index (χ1n) is 6.78. The van der Waals surface area contributed by atoms with E-state index in [0.717, 1.165) is 18.5 Å². The van der Waals surface area contributed by atoms with Crippen LogP contribution in [0.15, 0.2) is 36.4 Å². The predicted octanol–water partition coefficient (Wildman–Crippen LogP) is 3.41. The number of fused-ring (bicyclic) bond motifs is 1. The van der Waals surface area contributed by atoms with Gasteiger partial charge in [0.25, 0.3) is 0 Å². The van der Waals surface area contributed by atoms with Gasteiger partial charge in [-0.3, -0.25) is 4.98 Å². The number of pyridine rings is 1. The molecule has 96 valence electrons. The first-order chi connectivity index (χ1) is 8.70. The van der Waals surface area contributed by atoms with E-state index in [1.54, 1.807) is 0 Å². The maximum Gasteiger partial charge on any atom is 0.0705 e. The van der Waals surface area contributed by atoms with Crippen molar-refractivity contribution in [1.29, 1.82) is 0 Å². The fourth-order valence-corrected chi connectivity index (χ4v) is 2.25. The lowest BCUT2D eigenvalue weighted by molar-refractivity contribution is 0.404. The third-order valence-electron chi connectivity index (χ3n) is 3.57. The summed E-state index contributed by atoms with van der Waals surface area (Å²) in [6.07, 6.45) is 1.03. The topological polar surface area (TPSA) is 24.9 Å². The maximum absolute atomic E-state index is 4.73. The van der Waals surface area contributed by atoms with Crippen molar-refractivity contribution in [1.82, 2.24) is 10.3 Å². The van der Waals surface area contributed by atoms with Crippen molar-refractivity contribution >= 4 is 10.9 Å². The normalized spacial score (nSPS) is 14.6. The van der Waals surface area contributed by atoms with Crippen LogP contribution in [0.1, 0.15) is 26.5 Å². The number of nitrogens with zero attached hydrogens (tertiary/aromatic N) is 1. The van der Waals surface area contributed by atoms with Crippen LogP contribution in [0.25, 0.3) is 10.9 Å². The van der Waals surface area contributed by atoms with Crippen LogP contribution < -0.4 is 5.32 Å². The molecule has 2 rings (SSSR count). The molecule has 2 unspecified atom stereocenters. The van der Waals surface area contributed by atoms with Gasteiger partial charge >= 0.3 is 0 Å². The molecular formula is C16H22N2. The molecule has 0 aliphatic rings. The highest BCUT2D eigenvalue weighted by molar-refractivity contribution is 5.78. The van der Waals surface area contributed by atoms with E-state index in [2.05, 4.69) is 56.4 Å². The lowest BCUT2D eigenvalue weighted by Crippen LogP contribution is -2.33. The first-order valence-corrected chi connectivity index (χ1v) is 6.78. The van der Waals surface area contributed by atoms with Gasteiger partial charge in [0, 0.05) is 17.1 Å². The van der Waals surface area contributed by atoms with Crippen molar-refractivity contribution in [2.24, 2.45) is 5.92 Å².